The molecule has 1 aliphatic carbocycles. The Kier molecular flexibility index (Phi) is 5.14. The van der Waals surface area contributed by atoms with E-state index < -0.39 is 6.10 Å². The van der Waals surface area contributed by atoms with E-state index in [0.717, 1.165) is 34.5 Å². The maximum absolute atomic E-state index is 12.9. The first-order valence-electron chi connectivity index (χ1n) is 10.9. The molecular formula is C24H28N4O3. The van der Waals surface area contributed by atoms with E-state index in [1.807, 2.05) is 61.3 Å². The molecule has 2 fully saturated rings. The van der Waals surface area contributed by atoms with Gasteiger partial charge in [-0.25, -0.2) is 0 Å². The molecule has 1 aromatic carbocycles. The Morgan fingerprint density at radius 1 is 1.13 bits per heavy atom. The van der Waals surface area contributed by atoms with Gasteiger partial charge in [-0.15, -0.1) is 0 Å². The van der Waals surface area contributed by atoms with Crippen LogP contribution in [0.15, 0.2) is 42.6 Å². The van der Waals surface area contributed by atoms with Crippen molar-refractivity contribution in [3.05, 3.63) is 54.0 Å². The fourth-order valence-electron chi connectivity index (χ4n) is 5.02. The summed E-state index contributed by atoms with van der Waals surface area (Å²) in [5.74, 6) is 1.46. The Hall–Kier alpha value is -2.93. The molecule has 2 aliphatic rings. The molecule has 5 rings (SSSR count). The molecule has 0 bridgehead atoms. The van der Waals surface area contributed by atoms with E-state index in [9.17, 15) is 9.90 Å². The van der Waals surface area contributed by atoms with Gasteiger partial charge in [-0.05, 0) is 56.7 Å². The number of ether oxygens (including phenoxy) is 1. The first-order chi connectivity index (χ1) is 15.0. The molecule has 7 heteroatoms. The van der Waals surface area contributed by atoms with Gasteiger partial charge in [0.1, 0.15) is 18.4 Å². The molecule has 162 valence electrons. The summed E-state index contributed by atoms with van der Waals surface area (Å²) in [4.78, 5) is 19.3. The van der Waals surface area contributed by atoms with Crippen molar-refractivity contribution in [3.63, 3.8) is 0 Å². The average Bonchev–Trinajstić information content (AvgIpc) is 3.33. The maximum Gasteiger partial charge on any atom is 0.244 e. The number of benzene rings is 1. The first kappa shape index (κ1) is 20.0. The number of carbonyl (C=O) groups is 1. The van der Waals surface area contributed by atoms with Crippen molar-refractivity contribution in [2.45, 2.75) is 45.4 Å². The lowest BCUT2D eigenvalue weighted by Crippen LogP contribution is -2.42. The summed E-state index contributed by atoms with van der Waals surface area (Å²) < 4.78 is 7.88. The number of carbonyl (C=O) groups excluding carboxylic acids is 1. The molecule has 1 saturated carbocycles. The normalized spacial score (nSPS) is 25.6. The maximum atomic E-state index is 12.9. The van der Waals surface area contributed by atoms with Gasteiger partial charge in [0, 0.05) is 30.4 Å². The summed E-state index contributed by atoms with van der Waals surface area (Å²) in [7, 11) is 0. The van der Waals surface area contributed by atoms with E-state index in [1.165, 1.54) is 0 Å². The van der Waals surface area contributed by atoms with Crippen LogP contribution in [0, 0.1) is 25.7 Å². The lowest BCUT2D eigenvalue weighted by Gasteiger charge is -2.35. The number of hydrogen-bond acceptors (Lipinski definition) is 5. The third kappa shape index (κ3) is 4.02. The van der Waals surface area contributed by atoms with Crippen LogP contribution in [0.25, 0.3) is 10.9 Å². The first-order valence-corrected chi connectivity index (χ1v) is 10.9. The number of aliphatic hydroxyl groups excluding tert-OH is 1. The van der Waals surface area contributed by atoms with Crippen molar-refractivity contribution in [2.24, 2.45) is 11.8 Å². The molecule has 1 amide bonds. The third-order valence-electron chi connectivity index (χ3n) is 6.65. The minimum atomic E-state index is -0.534. The summed E-state index contributed by atoms with van der Waals surface area (Å²) in [5, 5.41) is 16.2. The molecule has 3 aromatic rings. The fraction of sp³-hybridized carbons (Fsp3) is 0.458. The van der Waals surface area contributed by atoms with Crippen LogP contribution in [0.4, 0.5) is 0 Å². The van der Waals surface area contributed by atoms with Crippen molar-refractivity contribution in [1.29, 1.82) is 0 Å². The SMILES string of the molecule is Cc1ccc(O[C@@H]2C[C@@H]3CN(C(=O)Cn4cc5ccccc5n4)C[C@@H]3C[C@H]2O)c(C)n1. The number of likely N-dealkylation sites (tertiary alicyclic amines) is 1. The van der Waals surface area contributed by atoms with Crippen LogP contribution in [-0.2, 0) is 11.3 Å². The standard InChI is InChI=1S/C24H28N4O3/c1-15-7-8-22(16(2)25-15)31-23-10-19-12-27(11-18(19)9-21(23)29)24(30)14-28-13-17-5-3-4-6-20(17)26-28/h3-8,13,18-19,21,23,29H,9-12,14H2,1-2H3/t18-,19+,21+,23+/m0/s1. The molecule has 0 spiro atoms. The zero-order valence-electron chi connectivity index (χ0n) is 17.9. The molecule has 7 nitrogen and oxygen atoms in total. The van der Waals surface area contributed by atoms with Gasteiger partial charge in [-0.1, -0.05) is 18.2 Å². The van der Waals surface area contributed by atoms with Crippen molar-refractivity contribution < 1.29 is 14.6 Å². The second-order valence-electron chi connectivity index (χ2n) is 8.94. The van der Waals surface area contributed by atoms with E-state index in [0.29, 0.717) is 31.3 Å². The Morgan fingerprint density at radius 2 is 1.90 bits per heavy atom. The summed E-state index contributed by atoms with van der Waals surface area (Å²) in [6.45, 7) is 5.52. The van der Waals surface area contributed by atoms with Crippen molar-refractivity contribution in [2.75, 3.05) is 13.1 Å². The van der Waals surface area contributed by atoms with Crippen LogP contribution in [-0.4, -0.2) is 56.0 Å². The zero-order chi connectivity index (χ0) is 21.5. The smallest absolute Gasteiger partial charge is 0.244 e. The monoisotopic (exact) mass is 420 g/mol. The number of hydrogen-bond donors (Lipinski definition) is 1. The van der Waals surface area contributed by atoms with Crippen LogP contribution < -0.4 is 4.74 Å². The van der Waals surface area contributed by atoms with E-state index in [4.69, 9.17) is 4.74 Å². The number of aliphatic hydroxyl groups is 1. The number of aryl methyl sites for hydroxylation is 2. The highest BCUT2D eigenvalue weighted by Crippen LogP contribution is 2.38. The van der Waals surface area contributed by atoms with Gasteiger partial charge < -0.3 is 14.7 Å². The van der Waals surface area contributed by atoms with Gasteiger partial charge in [0.2, 0.25) is 5.91 Å². The predicted octanol–water partition coefficient (Wildman–Crippen LogP) is 2.73. The Labute approximate surface area is 181 Å². The second-order valence-corrected chi connectivity index (χ2v) is 8.94. The van der Waals surface area contributed by atoms with Crippen LogP contribution in [0.1, 0.15) is 24.2 Å². The van der Waals surface area contributed by atoms with Crippen LogP contribution in [0.3, 0.4) is 0 Å². The molecule has 4 atom stereocenters. The summed E-state index contributed by atoms with van der Waals surface area (Å²) in [6.07, 6.45) is 2.52. The van der Waals surface area contributed by atoms with Crippen molar-refractivity contribution in [1.82, 2.24) is 19.7 Å². The molecule has 1 aliphatic heterocycles. The average molecular weight is 421 g/mol. The number of rotatable bonds is 4. The number of aromatic nitrogens is 3. The number of pyridine rings is 1. The second kappa shape index (κ2) is 7.96. The van der Waals surface area contributed by atoms with Gasteiger partial charge in [0.25, 0.3) is 0 Å². The number of fused-ring (bicyclic) bond motifs is 2. The number of nitrogens with zero attached hydrogens (tertiary/aromatic N) is 4. The van der Waals surface area contributed by atoms with E-state index in [-0.39, 0.29) is 18.6 Å². The highest BCUT2D eigenvalue weighted by molar-refractivity contribution is 5.80. The minimum absolute atomic E-state index is 0.0766. The van der Waals surface area contributed by atoms with E-state index >= 15 is 0 Å². The third-order valence-corrected chi connectivity index (χ3v) is 6.65. The van der Waals surface area contributed by atoms with Gasteiger partial charge in [0.15, 0.2) is 0 Å². The largest absolute Gasteiger partial charge is 0.486 e. The van der Waals surface area contributed by atoms with Gasteiger partial charge in [0.05, 0.1) is 17.3 Å². The van der Waals surface area contributed by atoms with Crippen LogP contribution >= 0.6 is 0 Å². The molecule has 1 N–H and O–H groups in total. The van der Waals surface area contributed by atoms with Crippen LogP contribution in [0.2, 0.25) is 0 Å². The van der Waals surface area contributed by atoms with Crippen LogP contribution in [0.5, 0.6) is 5.75 Å². The Morgan fingerprint density at radius 3 is 2.68 bits per heavy atom. The van der Waals surface area contributed by atoms with Gasteiger partial charge >= 0.3 is 0 Å². The highest BCUT2D eigenvalue weighted by atomic mass is 16.5. The topological polar surface area (TPSA) is 80.5 Å². The molecule has 3 heterocycles. The molecule has 1 saturated heterocycles. The summed E-state index contributed by atoms with van der Waals surface area (Å²) >= 11 is 0. The molecule has 0 radical (unpaired) electrons. The van der Waals surface area contributed by atoms with Gasteiger partial charge in [-0.3, -0.25) is 14.5 Å². The molecule has 31 heavy (non-hydrogen) atoms. The summed E-state index contributed by atoms with van der Waals surface area (Å²) in [6, 6.07) is 11.7. The predicted molar refractivity (Wildman–Crippen MR) is 117 cm³/mol. The Balaban J connectivity index is 1.23. The lowest BCUT2D eigenvalue weighted by molar-refractivity contribution is -0.131. The lowest BCUT2D eigenvalue weighted by atomic mass is 9.78. The zero-order valence-corrected chi connectivity index (χ0v) is 17.9. The Bertz CT molecular complexity index is 1080. The quantitative estimate of drug-likeness (QED) is 0.702. The van der Waals surface area contributed by atoms with Crippen molar-refractivity contribution >= 4 is 16.8 Å². The highest BCUT2D eigenvalue weighted by Gasteiger charge is 2.44. The minimum Gasteiger partial charge on any atom is -0.486 e. The van der Waals surface area contributed by atoms with Gasteiger partial charge in [-0.2, -0.15) is 5.10 Å². The number of amides is 1. The molecule has 0 unspecified atom stereocenters. The van der Waals surface area contributed by atoms with E-state index in [1.54, 1.807) is 4.68 Å². The van der Waals surface area contributed by atoms with Crippen molar-refractivity contribution in [3.8, 4) is 5.75 Å². The summed E-state index contributed by atoms with van der Waals surface area (Å²) in [5.41, 5.74) is 2.68. The van der Waals surface area contributed by atoms with E-state index in [2.05, 4.69) is 10.1 Å². The molecular weight excluding hydrogens is 392 g/mol. The fourth-order valence-corrected chi connectivity index (χ4v) is 5.02. The molecule has 2 aromatic heterocycles.